The summed E-state index contributed by atoms with van der Waals surface area (Å²) in [5.74, 6) is 0.638. The van der Waals surface area contributed by atoms with E-state index >= 15 is 0 Å². The van der Waals surface area contributed by atoms with Crippen LogP contribution in [0.15, 0.2) is 16.8 Å². The standard InChI is InChI=1S/C12H14N2S2/c1-8-3-5-15-11(8)10-7-16-12(14-10)9-2-4-13-6-9/h3,5,7,9,13H,2,4,6H2,1H3. The molecular weight excluding hydrogens is 236 g/mol. The third-order valence-electron chi connectivity index (χ3n) is 3.03. The molecule has 4 heteroatoms. The van der Waals surface area contributed by atoms with E-state index in [4.69, 9.17) is 4.98 Å². The van der Waals surface area contributed by atoms with Crippen molar-refractivity contribution >= 4 is 22.7 Å². The van der Waals surface area contributed by atoms with Gasteiger partial charge in [-0.2, -0.15) is 0 Å². The Labute approximate surface area is 103 Å². The molecule has 2 aromatic rings. The van der Waals surface area contributed by atoms with Crippen molar-refractivity contribution in [3.8, 4) is 10.6 Å². The quantitative estimate of drug-likeness (QED) is 0.885. The topological polar surface area (TPSA) is 24.9 Å². The monoisotopic (exact) mass is 250 g/mol. The highest BCUT2D eigenvalue weighted by atomic mass is 32.1. The zero-order valence-electron chi connectivity index (χ0n) is 9.19. The number of thiophene rings is 1. The largest absolute Gasteiger partial charge is 0.316 e. The normalized spacial score (nSPS) is 20.4. The maximum absolute atomic E-state index is 4.78. The van der Waals surface area contributed by atoms with Gasteiger partial charge in [-0.15, -0.1) is 22.7 Å². The molecule has 1 unspecified atom stereocenters. The Kier molecular flexibility index (Phi) is 2.79. The van der Waals surface area contributed by atoms with Crippen LogP contribution in [0.3, 0.4) is 0 Å². The van der Waals surface area contributed by atoms with Crippen molar-refractivity contribution in [2.24, 2.45) is 0 Å². The van der Waals surface area contributed by atoms with Crippen molar-refractivity contribution < 1.29 is 0 Å². The molecule has 1 fully saturated rings. The van der Waals surface area contributed by atoms with E-state index in [0.29, 0.717) is 5.92 Å². The molecule has 1 atom stereocenters. The van der Waals surface area contributed by atoms with Crippen molar-refractivity contribution in [2.75, 3.05) is 13.1 Å². The number of aryl methyl sites for hydroxylation is 1. The van der Waals surface area contributed by atoms with Crippen molar-refractivity contribution in [2.45, 2.75) is 19.3 Å². The molecule has 0 radical (unpaired) electrons. The van der Waals surface area contributed by atoms with Crippen LogP contribution in [0.5, 0.6) is 0 Å². The van der Waals surface area contributed by atoms with Gasteiger partial charge in [-0.25, -0.2) is 4.98 Å². The second-order valence-electron chi connectivity index (χ2n) is 4.19. The molecule has 3 heterocycles. The Hall–Kier alpha value is -0.710. The van der Waals surface area contributed by atoms with E-state index in [0.717, 1.165) is 13.1 Å². The van der Waals surface area contributed by atoms with Gasteiger partial charge in [-0.05, 0) is 36.9 Å². The number of nitrogens with one attached hydrogen (secondary N) is 1. The highest BCUT2D eigenvalue weighted by Crippen LogP contribution is 2.33. The lowest BCUT2D eigenvalue weighted by molar-refractivity contribution is 0.756. The number of aromatic nitrogens is 1. The first-order valence-corrected chi connectivity index (χ1v) is 7.31. The molecule has 1 saturated heterocycles. The van der Waals surface area contributed by atoms with Gasteiger partial charge in [0.25, 0.3) is 0 Å². The van der Waals surface area contributed by atoms with Crippen LogP contribution >= 0.6 is 22.7 Å². The number of hydrogen-bond acceptors (Lipinski definition) is 4. The van der Waals surface area contributed by atoms with Crippen molar-refractivity contribution in [1.29, 1.82) is 0 Å². The van der Waals surface area contributed by atoms with Crippen LogP contribution in [0.1, 0.15) is 22.9 Å². The number of rotatable bonds is 2. The van der Waals surface area contributed by atoms with E-state index < -0.39 is 0 Å². The van der Waals surface area contributed by atoms with Crippen LogP contribution in [-0.2, 0) is 0 Å². The lowest BCUT2D eigenvalue weighted by Crippen LogP contribution is -2.07. The van der Waals surface area contributed by atoms with Crippen molar-refractivity contribution in [3.63, 3.8) is 0 Å². The Morgan fingerprint density at radius 2 is 2.38 bits per heavy atom. The number of thiazole rings is 1. The van der Waals surface area contributed by atoms with E-state index in [9.17, 15) is 0 Å². The SMILES string of the molecule is Cc1ccsc1-c1csc(C2CCNC2)n1. The zero-order chi connectivity index (χ0) is 11.0. The van der Waals surface area contributed by atoms with Gasteiger partial charge in [0.2, 0.25) is 0 Å². The molecule has 0 spiro atoms. The molecule has 0 bridgehead atoms. The van der Waals surface area contributed by atoms with Gasteiger partial charge >= 0.3 is 0 Å². The smallest absolute Gasteiger partial charge is 0.0977 e. The molecule has 1 aliphatic heterocycles. The van der Waals surface area contributed by atoms with E-state index in [2.05, 4.69) is 29.1 Å². The summed E-state index contributed by atoms with van der Waals surface area (Å²) in [5.41, 5.74) is 2.51. The third-order valence-corrected chi connectivity index (χ3v) is 5.07. The number of nitrogens with zero attached hydrogens (tertiary/aromatic N) is 1. The maximum atomic E-state index is 4.78. The number of hydrogen-bond donors (Lipinski definition) is 1. The Morgan fingerprint density at radius 1 is 1.44 bits per heavy atom. The van der Waals surface area contributed by atoms with Crippen LogP contribution < -0.4 is 5.32 Å². The first-order valence-electron chi connectivity index (χ1n) is 5.55. The van der Waals surface area contributed by atoms with Gasteiger partial charge in [-0.3, -0.25) is 0 Å². The van der Waals surface area contributed by atoms with E-state index in [1.54, 1.807) is 11.3 Å². The summed E-state index contributed by atoms with van der Waals surface area (Å²) in [5, 5.41) is 9.03. The molecule has 84 valence electrons. The minimum absolute atomic E-state index is 0.638. The summed E-state index contributed by atoms with van der Waals surface area (Å²) in [7, 11) is 0. The fourth-order valence-corrected chi connectivity index (χ4v) is 3.99. The minimum Gasteiger partial charge on any atom is -0.316 e. The molecule has 16 heavy (non-hydrogen) atoms. The first-order chi connectivity index (χ1) is 7.84. The Bertz CT molecular complexity index is 481. The summed E-state index contributed by atoms with van der Waals surface area (Å²) in [4.78, 5) is 6.11. The van der Waals surface area contributed by atoms with Crippen LogP contribution in [0.2, 0.25) is 0 Å². The van der Waals surface area contributed by atoms with E-state index in [1.165, 1.54) is 27.6 Å². The third kappa shape index (κ3) is 1.81. The van der Waals surface area contributed by atoms with Crippen LogP contribution in [0, 0.1) is 6.92 Å². The van der Waals surface area contributed by atoms with Gasteiger partial charge in [0.15, 0.2) is 0 Å². The lowest BCUT2D eigenvalue weighted by atomic mass is 10.1. The highest BCUT2D eigenvalue weighted by molar-refractivity contribution is 7.14. The Balaban J connectivity index is 1.90. The van der Waals surface area contributed by atoms with E-state index in [-0.39, 0.29) is 0 Å². The maximum Gasteiger partial charge on any atom is 0.0977 e. The van der Waals surface area contributed by atoms with Gasteiger partial charge in [0.1, 0.15) is 0 Å². The highest BCUT2D eigenvalue weighted by Gasteiger charge is 2.20. The zero-order valence-corrected chi connectivity index (χ0v) is 10.8. The first kappa shape index (κ1) is 10.4. The van der Waals surface area contributed by atoms with E-state index in [1.807, 2.05) is 11.3 Å². The van der Waals surface area contributed by atoms with Crippen molar-refractivity contribution in [1.82, 2.24) is 10.3 Å². The fraction of sp³-hybridized carbons (Fsp3) is 0.417. The van der Waals surface area contributed by atoms with Crippen LogP contribution in [0.25, 0.3) is 10.6 Å². The lowest BCUT2D eigenvalue weighted by Gasteiger charge is -2.01. The fourth-order valence-electron chi connectivity index (χ4n) is 2.08. The molecule has 1 N–H and O–H groups in total. The average Bonchev–Trinajstić information content (AvgIpc) is 2.96. The Morgan fingerprint density at radius 3 is 3.06 bits per heavy atom. The van der Waals surface area contributed by atoms with Gasteiger partial charge in [-0.1, -0.05) is 0 Å². The molecule has 0 aliphatic carbocycles. The summed E-state index contributed by atoms with van der Waals surface area (Å²) in [6, 6.07) is 2.16. The molecule has 0 aromatic carbocycles. The summed E-state index contributed by atoms with van der Waals surface area (Å²) >= 11 is 3.60. The molecule has 0 amide bonds. The predicted octanol–water partition coefficient (Wildman–Crippen LogP) is 3.26. The van der Waals surface area contributed by atoms with Gasteiger partial charge in [0.05, 0.1) is 15.6 Å². The predicted molar refractivity (Wildman–Crippen MR) is 70.4 cm³/mol. The second kappa shape index (κ2) is 4.28. The summed E-state index contributed by atoms with van der Waals surface area (Å²) < 4.78 is 0. The molecule has 1 aliphatic rings. The minimum atomic E-state index is 0.638. The molecular formula is C12H14N2S2. The molecule has 0 saturated carbocycles. The molecule has 2 aromatic heterocycles. The molecule has 2 nitrogen and oxygen atoms in total. The van der Waals surface area contributed by atoms with Gasteiger partial charge in [0, 0.05) is 17.8 Å². The van der Waals surface area contributed by atoms with Gasteiger partial charge < -0.3 is 5.32 Å². The summed E-state index contributed by atoms with van der Waals surface area (Å²) in [6.45, 7) is 4.38. The average molecular weight is 250 g/mol. The van der Waals surface area contributed by atoms with Crippen LogP contribution in [-0.4, -0.2) is 18.1 Å². The second-order valence-corrected chi connectivity index (χ2v) is 6.00. The van der Waals surface area contributed by atoms with Crippen LogP contribution in [0.4, 0.5) is 0 Å². The molecule has 3 rings (SSSR count). The summed E-state index contributed by atoms with van der Waals surface area (Å²) in [6.07, 6.45) is 1.23. The van der Waals surface area contributed by atoms with Crippen molar-refractivity contribution in [3.05, 3.63) is 27.4 Å².